The van der Waals surface area contributed by atoms with E-state index < -0.39 is 5.91 Å². The molecule has 2 aromatic heterocycles. The molecule has 0 aliphatic heterocycles. The van der Waals surface area contributed by atoms with E-state index in [-0.39, 0.29) is 11.1 Å². The molecular formula is C17H15N4O2. The van der Waals surface area contributed by atoms with E-state index in [1.54, 1.807) is 30.8 Å². The summed E-state index contributed by atoms with van der Waals surface area (Å²) in [6, 6.07) is 15.2. The summed E-state index contributed by atoms with van der Waals surface area (Å²) in [5.41, 5.74) is 1.02. The van der Waals surface area contributed by atoms with E-state index in [0.29, 0.717) is 17.2 Å². The second kappa shape index (κ2) is 5.92. The Bertz CT molecular complexity index is 896. The number of para-hydroxylation sites is 1. The van der Waals surface area contributed by atoms with Crippen molar-refractivity contribution >= 4 is 11.7 Å². The van der Waals surface area contributed by atoms with Gasteiger partial charge in [-0.3, -0.25) is 14.3 Å². The van der Waals surface area contributed by atoms with E-state index in [2.05, 4.69) is 16.4 Å². The first-order valence-corrected chi connectivity index (χ1v) is 7.07. The van der Waals surface area contributed by atoms with Gasteiger partial charge in [0.25, 0.3) is 11.5 Å². The molecule has 6 nitrogen and oxygen atoms in total. The number of anilines is 1. The minimum absolute atomic E-state index is 0.103. The van der Waals surface area contributed by atoms with Crippen LogP contribution in [-0.4, -0.2) is 20.3 Å². The van der Waals surface area contributed by atoms with Gasteiger partial charge in [0.2, 0.25) is 0 Å². The lowest BCUT2D eigenvalue weighted by atomic mass is 10.2. The van der Waals surface area contributed by atoms with Gasteiger partial charge in [0.1, 0.15) is 11.4 Å². The summed E-state index contributed by atoms with van der Waals surface area (Å²) in [5.74, 6) is -0.0980. The van der Waals surface area contributed by atoms with Crippen LogP contribution in [0.2, 0.25) is 0 Å². The number of hydrogen-bond acceptors (Lipinski definition) is 3. The minimum Gasteiger partial charge on any atom is -0.306 e. The molecule has 0 saturated carbocycles. The number of benzene rings is 1. The lowest BCUT2D eigenvalue weighted by molar-refractivity contribution is 0.102. The van der Waals surface area contributed by atoms with Crippen molar-refractivity contribution in [3.8, 4) is 5.69 Å². The molecule has 1 amide bonds. The lowest BCUT2D eigenvalue weighted by Crippen LogP contribution is -2.25. The Morgan fingerprint density at radius 1 is 1.22 bits per heavy atom. The summed E-state index contributed by atoms with van der Waals surface area (Å²) in [4.78, 5) is 29.1. The molecule has 0 bridgehead atoms. The smallest absolute Gasteiger partial charge is 0.284 e. The Hall–Kier alpha value is -3.15. The summed E-state index contributed by atoms with van der Waals surface area (Å²) in [7, 11) is 1.75. The molecule has 115 valence electrons. The molecule has 0 atom stereocenters. The zero-order chi connectivity index (χ0) is 16.4. The van der Waals surface area contributed by atoms with Crippen LogP contribution in [0.3, 0.4) is 0 Å². The maximum atomic E-state index is 12.7. The number of hydrogen-bond donors (Lipinski definition) is 1. The van der Waals surface area contributed by atoms with E-state index in [1.807, 2.05) is 30.3 Å². The third kappa shape index (κ3) is 2.66. The quantitative estimate of drug-likeness (QED) is 0.804. The highest BCUT2D eigenvalue weighted by Gasteiger charge is 2.22. The van der Waals surface area contributed by atoms with Crippen molar-refractivity contribution < 1.29 is 4.79 Å². The van der Waals surface area contributed by atoms with Gasteiger partial charge in [0.15, 0.2) is 0 Å². The van der Waals surface area contributed by atoms with Crippen LogP contribution in [0.15, 0.2) is 53.5 Å². The molecule has 0 unspecified atom stereocenters. The molecule has 0 spiro atoms. The number of aromatic nitrogens is 3. The number of carbonyl (C=O) groups is 1. The van der Waals surface area contributed by atoms with Gasteiger partial charge in [-0.25, -0.2) is 9.67 Å². The Balaban J connectivity index is 2.04. The molecule has 3 aromatic rings. The Morgan fingerprint density at radius 2 is 1.96 bits per heavy atom. The van der Waals surface area contributed by atoms with Crippen LogP contribution in [0.4, 0.5) is 5.82 Å². The van der Waals surface area contributed by atoms with Crippen molar-refractivity contribution in [1.29, 1.82) is 0 Å². The van der Waals surface area contributed by atoms with Crippen molar-refractivity contribution in [3.05, 3.63) is 76.3 Å². The Morgan fingerprint density at radius 3 is 2.61 bits per heavy atom. The summed E-state index contributed by atoms with van der Waals surface area (Å²) < 4.78 is 3.13. The van der Waals surface area contributed by atoms with Gasteiger partial charge in [-0.05, 0) is 31.2 Å². The molecule has 0 aliphatic carbocycles. The third-order valence-corrected chi connectivity index (χ3v) is 3.64. The standard InChI is InChI=1S/C17H15N4O2/c1-12-15(16(22)19-14-10-6-7-11-18-14)17(23)21(20(12)2)13-8-4-3-5-9-13/h3-6,8-11H,1-2H3,(H,18,19,22). The summed E-state index contributed by atoms with van der Waals surface area (Å²) >= 11 is 0. The van der Waals surface area contributed by atoms with Crippen LogP contribution in [0.25, 0.3) is 5.69 Å². The monoisotopic (exact) mass is 307 g/mol. The molecule has 1 N–H and O–H groups in total. The predicted molar refractivity (Wildman–Crippen MR) is 86.8 cm³/mol. The van der Waals surface area contributed by atoms with Crippen LogP contribution in [-0.2, 0) is 7.05 Å². The number of nitrogens with one attached hydrogen (secondary N) is 1. The number of rotatable bonds is 3. The molecule has 0 fully saturated rings. The normalized spacial score (nSPS) is 10.5. The van der Waals surface area contributed by atoms with Crippen molar-refractivity contribution in [2.75, 3.05) is 5.32 Å². The van der Waals surface area contributed by atoms with Gasteiger partial charge < -0.3 is 5.32 Å². The Labute approximate surface area is 133 Å². The van der Waals surface area contributed by atoms with Gasteiger partial charge in [0, 0.05) is 19.3 Å². The highest BCUT2D eigenvalue weighted by Crippen LogP contribution is 2.11. The number of carbonyl (C=O) groups excluding carboxylic acids is 1. The van der Waals surface area contributed by atoms with Crippen LogP contribution in [0.5, 0.6) is 0 Å². The zero-order valence-electron chi connectivity index (χ0n) is 12.8. The van der Waals surface area contributed by atoms with E-state index in [0.717, 1.165) is 0 Å². The maximum Gasteiger partial charge on any atom is 0.284 e. The molecule has 1 aromatic carbocycles. The average molecular weight is 307 g/mol. The average Bonchev–Trinajstić information content (AvgIpc) is 2.79. The van der Waals surface area contributed by atoms with E-state index in [4.69, 9.17) is 0 Å². The first-order chi connectivity index (χ1) is 11.1. The third-order valence-electron chi connectivity index (χ3n) is 3.64. The first kappa shape index (κ1) is 14.8. The Kier molecular flexibility index (Phi) is 3.80. The van der Waals surface area contributed by atoms with E-state index in [1.165, 1.54) is 10.9 Å². The summed E-state index contributed by atoms with van der Waals surface area (Å²) in [6.45, 7) is 1.74. The molecule has 1 radical (unpaired) electrons. The number of nitrogens with zero attached hydrogens (tertiary/aromatic N) is 3. The summed E-state index contributed by atoms with van der Waals surface area (Å²) in [5, 5.41) is 2.64. The second-order valence-corrected chi connectivity index (χ2v) is 5.03. The predicted octanol–water partition coefficient (Wildman–Crippen LogP) is 1.93. The van der Waals surface area contributed by atoms with Crippen LogP contribution in [0.1, 0.15) is 16.1 Å². The maximum absolute atomic E-state index is 12.7. The first-order valence-electron chi connectivity index (χ1n) is 7.07. The highest BCUT2D eigenvalue weighted by molar-refractivity contribution is 6.04. The number of pyridine rings is 1. The molecule has 23 heavy (non-hydrogen) atoms. The molecule has 2 heterocycles. The second-order valence-electron chi connectivity index (χ2n) is 5.03. The van der Waals surface area contributed by atoms with E-state index >= 15 is 0 Å². The topological polar surface area (TPSA) is 68.9 Å². The van der Waals surface area contributed by atoms with Crippen LogP contribution >= 0.6 is 0 Å². The zero-order valence-corrected chi connectivity index (χ0v) is 12.8. The van der Waals surface area contributed by atoms with E-state index in [9.17, 15) is 9.59 Å². The number of amides is 1. The van der Waals surface area contributed by atoms with Gasteiger partial charge in [-0.1, -0.05) is 18.2 Å². The van der Waals surface area contributed by atoms with Crippen molar-refractivity contribution in [1.82, 2.24) is 14.3 Å². The van der Waals surface area contributed by atoms with Crippen LogP contribution in [0, 0.1) is 13.0 Å². The highest BCUT2D eigenvalue weighted by atomic mass is 16.2. The molecule has 6 heteroatoms. The fraction of sp³-hybridized carbons (Fsp3) is 0.118. The largest absolute Gasteiger partial charge is 0.306 e. The molecular weight excluding hydrogens is 292 g/mol. The fourth-order valence-electron chi connectivity index (χ4n) is 2.40. The molecule has 3 rings (SSSR count). The van der Waals surface area contributed by atoms with Crippen LogP contribution < -0.4 is 10.9 Å². The van der Waals surface area contributed by atoms with Gasteiger partial charge in [0.05, 0.1) is 11.4 Å². The van der Waals surface area contributed by atoms with Crippen molar-refractivity contribution in [2.45, 2.75) is 6.92 Å². The lowest BCUT2D eigenvalue weighted by Gasteiger charge is -2.07. The van der Waals surface area contributed by atoms with Gasteiger partial charge >= 0.3 is 0 Å². The minimum atomic E-state index is -0.475. The van der Waals surface area contributed by atoms with Crippen molar-refractivity contribution in [2.24, 2.45) is 7.05 Å². The SMILES string of the molecule is Cc1c(C(=O)Nc2cc[c]cn2)c(=O)n(-c2ccccc2)n1C. The summed E-state index contributed by atoms with van der Waals surface area (Å²) in [6.07, 6.45) is 1.45. The van der Waals surface area contributed by atoms with Gasteiger partial charge in [-0.15, -0.1) is 0 Å². The van der Waals surface area contributed by atoms with Crippen molar-refractivity contribution in [3.63, 3.8) is 0 Å². The fourth-order valence-corrected chi connectivity index (χ4v) is 2.40. The molecule has 0 aliphatic rings. The molecule has 0 saturated heterocycles. The van der Waals surface area contributed by atoms with Gasteiger partial charge in [-0.2, -0.15) is 0 Å².